The fraction of sp³-hybridized carbons (Fsp3) is 0.375. The fourth-order valence-electron chi connectivity index (χ4n) is 0.896. The van der Waals surface area contributed by atoms with Crippen molar-refractivity contribution in [3.8, 4) is 0 Å². The van der Waals surface area contributed by atoms with Crippen molar-refractivity contribution in [3.05, 3.63) is 17.9 Å². The van der Waals surface area contributed by atoms with Crippen molar-refractivity contribution in [2.75, 3.05) is 17.8 Å². The van der Waals surface area contributed by atoms with Crippen LogP contribution in [0, 0.1) is 0 Å². The minimum absolute atomic E-state index is 0.0548. The van der Waals surface area contributed by atoms with Crippen LogP contribution in [0.2, 0.25) is 0 Å². The Balaban J connectivity index is 2.91. The Bertz CT molecular complexity index is 445. The zero-order valence-electron chi connectivity index (χ0n) is 7.97. The third-order valence-corrected chi connectivity index (χ3v) is 4.10. The van der Waals surface area contributed by atoms with Crippen LogP contribution < -0.4 is 0 Å². The Morgan fingerprint density at radius 3 is 2.67 bits per heavy atom. The van der Waals surface area contributed by atoms with Crippen molar-refractivity contribution in [2.45, 2.75) is 5.09 Å². The summed E-state index contributed by atoms with van der Waals surface area (Å²) < 4.78 is 27.8. The van der Waals surface area contributed by atoms with E-state index in [0.717, 1.165) is 6.07 Å². The summed E-state index contributed by atoms with van der Waals surface area (Å²) in [7, 11) is -3.49. The van der Waals surface area contributed by atoms with Crippen molar-refractivity contribution >= 4 is 27.6 Å². The smallest absolute Gasteiger partial charge is 0.371 e. The molecule has 0 bridgehead atoms. The molecule has 0 fully saturated rings. The van der Waals surface area contributed by atoms with Crippen LogP contribution in [0.1, 0.15) is 10.6 Å². The molecule has 0 aromatic carbocycles. The summed E-state index contributed by atoms with van der Waals surface area (Å²) in [4.78, 5) is 10.5. The lowest BCUT2D eigenvalue weighted by atomic mass is 10.5. The fourth-order valence-corrected chi connectivity index (χ4v) is 3.13. The van der Waals surface area contributed by atoms with Crippen molar-refractivity contribution in [2.24, 2.45) is 0 Å². The summed E-state index contributed by atoms with van der Waals surface area (Å²) in [6.07, 6.45) is 1.79. The molecule has 1 heterocycles. The highest BCUT2D eigenvalue weighted by molar-refractivity contribution is 8.00. The summed E-state index contributed by atoms with van der Waals surface area (Å²) in [6, 6.07) is 2.30. The van der Waals surface area contributed by atoms with Crippen molar-refractivity contribution < 1.29 is 22.7 Å². The lowest BCUT2D eigenvalue weighted by molar-refractivity contribution is 0.0656. The molecule has 0 saturated heterocycles. The van der Waals surface area contributed by atoms with Gasteiger partial charge in [0.15, 0.2) is 0 Å². The zero-order valence-corrected chi connectivity index (χ0v) is 9.60. The first-order chi connectivity index (χ1) is 6.97. The molecule has 1 rings (SSSR count). The second-order valence-electron chi connectivity index (χ2n) is 2.74. The molecule has 0 atom stereocenters. The third-order valence-electron chi connectivity index (χ3n) is 1.65. The van der Waals surface area contributed by atoms with Gasteiger partial charge < -0.3 is 9.52 Å². The summed E-state index contributed by atoms with van der Waals surface area (Å²) in [5.74, 6) is -1.24. The quantitative estimate of drug-likeness (QED) is 0.842. The Labute approximate surface area is 91.4 Å². The van der Waals surface area contributed by atoms with Crippen LogP contribution in [-0.2, 0) is 9.84 Å². The Kier molecular flexibility index (Phi) is 3.81. The van der Waals surface area contributed by atoms with Gasteiger partial charge in [-0.05, 0) is 18.4 Å². The molecule has 0 aliphatic rings. The van der Waals surface area contributed by atoms with Crippen LogP contribution in [0.25, 0.3) is 0 Å². The molecule has 1 N–H and O–H groups in total. The van der Waals surface area contributed by atoms with E-state index in [1.54, 1.807) is 6.26 Å². The van der Waals surface area contributed by atoms with Gasteiger partial charge in [-0.3, -0.25) is 0 Å². The van der Waals surface area contributed by atoms with E-state index >= 15 is 0 Å². The van der Waals surface area contributed by atoms with Crippen LogP contribution >= 0.6 is 11.8 Å². The van der Waals surface area contributed by atoms with Gasteiger partial charge in [-0.25, -0.2) is 13.2 Å². The number of carboxylic acids is 1. The van der Waals surface area contributed by atoms with E-state index in [1.807, 2.05) is 0 Å². The number of aromatic carboxylic acids is 1. The topological polar surface area (TPSA) is 84.6 Å². The predicted molar refractivity (Wildman–Crippen MR) is 56.1 cm³/mol. The molecule has 0 aliphatic heterocycles. The van der Waals surface area contributed by atoms with Crippen molar-refractivity contribution in [3.63, 3.8) is 0 Å². The first-order valence-electron chi connectivity index (χ1n) is 4.02. The highest BCUT2D eigenvalue weighted by Gasteiger charge is 2.20. The van der Waals surface area contributed by atoms with Gasteiger partial charge >= 0.3 is 5.97 Å². The maximum Gasteiger partial charge on any atom is 0.371 e. The SMILES string of the molecule is CSCCS(=O)(=O)c1ccc(C(=O)O)o1. The lowest BCUT2D eigenvalue weighted by Gasteiger charge is -1.98. The Hall–Kier alpha value is -0.950. The number of thioether (sulfide) groups is 1. The molecule has 0 amide bonds. The summed E-state index contributed by atoms with van der Waals surface area (Å²) in [6.45, 7) is 0. The van der Waals surface area contributed by atoms with Crippen LogP contribution in [-0.4, -0.2) is 37.3 Å². The van der Waals surface area contributed by atoms with Gasteiger partial charge in [0.25, 0.3) is 0 Å². The summed E-state index contributed by atoms with van der Waals surface area (Å²) in [5.41, 5.74) is 0. The first kappa shape index (κ1) is 12.1. The van der Waals surface area contributed by atoms with E-state index in [2.05, 4.69) is 0 Å². The molecule has 0 aliphatic carbocycles. The van der Waals surface area contributed by atoms with E-state index in [9.17, 15) is 13.2 Å². The number of hydrogen-bond acceptors (Lipinski definition) is 5. The molecule has 84 valence electrons. The van der Waals surface area contributed by atoms with Gasteiger partial charge in [0, 0.05) is 5.75 Å². The average Bonchev–Trinajstić information content (AvgIpc) is 2.64. The molecule has 0 saturated carbocycles. The predicted octanol–water partition coefficient (Wildman–Crippen LogP) is 1.11. The van der Waals surface area contributed by atoms with E-state index in [4.69, 9.17) is 9.52 Å². The molecular formula is C8H10O5S2. The molecule has 0 spiro atoms. The maximum atomic E-state index is 11.5. The number of carbonyl (C=O) groups is 1. The second kappa shape index (κ2) is 4.71. The van der Waals surface area contributed by atoms with E-state index < -0.39 is 15.8 Å². The minimum Gasteiger partial charge on any atom is -0.475 e. The standard InChI is InChI=1S/C8H10O5S2/c1-14-4-5-15(11,12)7-3-2-6(13-7)8(9)10/h2-3H,4-5H2,1H3,(H,9,10). The van der Waals surface area contributed by atoms with Crippen LogP contribution in [0.15, 0.2) is 21.6 Å². The van der Waals surface area contributed by atoms with Gasteiger partial charge in [0.05, 0.1) is 5.75 Å². The van der Waals surface area contributed by atoms with E-state index in [-0.39, 0.29) is 16.6 Å². The van der Waals surface area contributed by atoms with Gasteiger partial charge in [-0.15, -0.1) is 0 Å². The number of sulfone groups is 1. The minimum atomic E-state index is -3.49. The van der Waals surface area contributed by atoms with Crippen molar-refractivity contribution in [1.29, 1.82) is 0 Å². The molecule has 1 aromatic rings. The number of rotatable bonds is 5. The van der Waals surface area contributed by atoms with Gasteiger partial charge in [-0.2, -0.15) is 11.8 Å². The van der Waals surface area contributed by atoms with Crippen LogP contribution in [0.5, 0.6) is 0 Å². The largest absolute Gasteiger partial charge is 0.475 e. The van der Waals surface area contributed by atoms with Gasteiger partial charge in [0.2, 0.25) is 20.7 Å². The number of hydrogen-bond donors (Lipinski definition) is 1. The van der Waals surface area contributed by atoms with Crippen molar-refractivity contribution in [1.82, 2.24) is 0 Å². The molecule has 0 radical (unpaired) electrons. The lowest BCUT2D eigenvalue weighted by Crippen LogP contribution is -2.07. The highest BCUT2D eigenvalue weighted by atomic mass is 32.2. The highest BCUT2D eigenvalue weighted by Crippen LogP contribution is 2.16. The first-order valence-corrected chi connectivity index (χ1v) is 7.07. The zero-order chi connectivity index (χ0) is 11.5. The monoisotopic (exact) mass is 250 g/mol. The summed E-state index contributed by atoms with van der Waals surface area (Å²) >= 11 is 1.40. The molecular weight excluding hydrogens is 240 g/mol. The van der Waals surface area contributed by atoms with E-state index in [1.165, 1.54) is 17.8 Å². The van der Waals surface area contributed by atoms with Gasteiger partial charge in [-0.1, -0.05) is 0 Å². The normalized spacial score (nSPS) is 11.5. The third kappa shape index (κ3) is 3.00. The Morgan fingerprint density at radius 1 is 1.53 bits per heavy atom. The maximum absolute atomic E-state index is 11.5. The molecule has 7 heteroatoms. The molecule has 1 aromatic heterocycles. The molecule has 15 heavy (non-hydrogen) atoms. The average molecular weight is 250 g/mol. The van der Waals surface area contributed by atoms with Crippen LogP contribution in [0.3, 0.4) is 0 Å². The summed E-state index contributed by atoms with van der Waals surface area (Å²) in [5, 5.41) is 8.26. The molecule has 0 unspecified atom stereocenters. The number of carboxylic acid groups (broad SMARTS) is 1. The van der Waals surface area contributed by atoms with Gasteiger partial charge in [0.1, 0.15) is 0 Å². The second-order valence-corrected chi connectivity index (χ2v) is 5.76. The Morgan fingerprint density at radius 2 is 2.20 bits per heavy atom. The van der Waals surface area contributed by atoms with E-state index in [0.29, 0.717) is 5.75 Å². The molecule has 5 nitrogen and oxygen atoms in total. The number of furan rings is 1. The van der Waals surface area contributed by atoms with Crippen LogP contribution in [0.4, 0.5) is 0 Å².